The van der Waals surface area contributed by atoms with Crippen LogP contribution in [0.3, 0.4) is 0 Å². The highest BCUT2D eigenvalue weighted by molar-refractivity contribution is 5.44. The molecule has 0 aliphatic carbocycles. The number of ether oxygens (including phenoxy) is 1. The maximum absolute atomic E-state index is 5.74. The Kier molecular flexibility index (Phi) is 4.43. The smallest absolute Gasteiger partial charge is 0.125 e. The number of aryl methyl sites for hydroxylation is 1. The minimum absolute atomic E-state index is 0.636. The van der Waals surface area contributed by atoms with Crippen LogP contribution < -0.4 is 10.1 Å². The van der Waals surface area contributed by atoms with E-state index in [9.17, 15) is 0 Å². The van der Waals surface area contributed by atoms with Crippen LogP contribution in [0.1, 0.15) is 37.8 Å². The minimum Gasteiger partial charge on any atom is -0.493 e. The van der Waals surface area contributed by atoms with Crippen LogP contribution in [0.15, 0.2) is 18.2 Å². The van der Waals surface area contributed by atoms with E-state index in [1.54, 1.807) is 0 Å². The van der Waals surface area contributed by atoms with Crippen molar-refractivity contribution in [3.63, 3.8) is 0 Å². The number of rotatable bonds is 6. The van der Waals surface area contributed by atoms with Gasteiger partial charge >= 0.3 is 0 Å². The van der Waals surface area contributed by atoms with Crippen molar-refractivity contribution in [3.05, 3.63) is 29.3 Å². The molecule has 1 unspecified atom stereocenters. The molecule has 0 spiro atoms. The first-order valence-corrected chi connectivity index (χ1v) is 6.82. The van der Waals surface area contributed by atoms with Crippen LogP contribution in [-0.4, -0.2) is 19.2 Å². The van der Waals surface area contributed by atoms with Crippen molar-refractivity contribution in [2.75, 3.05) is 13.2 Å². The zero-order chi connectivity index (χ0) is 12.1. The van der Waals surface area contributed by atoms with Crippen molar-refractivity contribution in [1.29, 1.82) is 0 Å². The van der Waals surface area contributed by atoms with Gasteiger partial charge in [0.2, 0.25) is 0 Å². The lowest BCUT2D eigenvalue weighted by atomic mass is 10.0. The molecule has 0 radical (unpaired) electrons. The summed E-state index contributed by atoms with van der Waals surface area (Å²) in [5, 5.41) is 3.53. The Morgan fingerprint density at radius 2 is 2.24 bits per heavy atom. The van der Waals surface area contributed by atoms with Gasteiger partial charge in [-0.15, -0.1) is 0 Å². The molecule has 94 valence electrons. The Morgan fingerprint density at radius 1 is 1.35 bits per heavy atom. The number of para-hydroxylation sites is 1. The fraction of sp³-hybridized carbons (Fsp3) is 0.600. The Balaban J connectivity index is 1.97. The lowest BCUT2D eigenvalue weighted by molar-refractivity contribution is 0.352. The first-order chi connectivity index (χ1) is 8.35. The molecular formula is C15H23NO. The van der Waals surface area contributed by atoms with Crippen molar-refractivity contribution in [2.45, 2.75) is 45.6 Å². The van der Waals surface area contributed by atoms with Gasteiger partial charge in [-0.3, -0.25) is 0 Å². The van der Waals surface area contributed by atoms with Gasteiger partial charge in [-0.25, -0.2) is 0 Å². The molecule has 1 aromatic rings. The van der Waals surface area contributed by atoms with E-state index in [1.165, 1.54) is 29.7 Å². The average molecular weight is 233 g/mol. The molecule has 1 aromatic carbocycles. The Hall–Kier alpha value is -1.02. The van der Waals surface area contributed by atoms with Crippen LogP contribution in [0.4, 0.5) is 0 Å². The molecular weight excluding hydrogens is 210 g/mol. The summed E-state index contributed by atoms with van der Waals surface area (Å²) in [5.74, 6) is 1.17. The quantitative estimate of drug-likeness (QED) is 0.815. The van der Waals surface area contributed by atoms with Crippen molar-refractivity contribution < 1.29 is 4.74 Å². The molecule has 1 aliphatic heterocycles. The SMILES string of the molecule is CCNC(CC)CCc1cccc2c1OCC2. The summed E-state index contributed by atoms with van der Waals surface area (Å²) < 4.78 is 5.74. The summed E-state index contributed by atoms with van der Waals surface area (Å²) in [6.07, 6.45) is 4.59. The number of fused-ring (bicyclic) bond motifs is 1. The molecule has 1 aliphatic rings. The maximum Gasteiger partial charge on any atom is 0.125 e. The van der Waals surface area contributed by atoms with Crippen molar-refractivity contribution >= 4 is 0 Å². The molecule has 0 aromatic heterocycles. The summed E-state index contributed by atoms with van der Waals surface area (Å²) in [4.78, 5) is 0. The summed E-state index contributed by atoms with van der Waals surface area (Å²) in [6.45, 7) is 6.34. The van der Waals surface area contributed by atoms with Crippen LogP contribution in [-0.2, 0) is 12.8 Å². The van der Waals surface area contributed by atoms with Gasteiger partial charge < -0.3 is 10.1 Å². The van der Waals surface area contributed by atoms with Gasteiger partial charge in [0.15, 0.2) is 0 Å². The van der Waals surface area contributed by atoms with E-state index in [2.05, 4.69) is 37.4 Å². The molecule has 2 heteroatoms. The van der Waals surface area contributed by atoms with Crippen molar-refractivity contribution in [3.8, 4) is 5.75 Å². The van der Waals surface area contributed by atoms with Gasteiger partial charge in [0.1, 0.15) is 5.75 Å². The number of benzene rings is 1. The molecule has 0 fully saturated rings. The first kappa shape index (κ1) is 12.4. The van der Waals surface area contributed by atoms with Crippen LogP contribution in [0.25, 0.3) is 0 Å². The number of hydrogen-bond acceptors (Lipinski definition) is 2. The monoisotopic (exact) mass is 233 g/mol. The van der Waals surface area contributed by atoms with Gasteiger partial charge in [0, 0.05) is 12.5 Å². The largest absolute Gasteiger partial charge is 0.493 e. The van der Waals surface area contributed by atoms with Gasteiger partial charge in [-0.2, -0.15) is 0 Å². The Bertz CT molecular complexity index is 362. The summed E-state index contributed by atoms with van der Waals surface area (Å²) >= 11 is 0. The highest BCUT2D eigenvalue weighted by atomic mass is 16.5. The standard InChI is InChI=1S/C15H23NO/c1-3-14(16-4-2)9-8-12-6-5-7-13-10-11-17-15(12)13/h5-7,14,16H,3-4,8-11H2,1-2H3. The van der Waals surface area contributed by atoms with Crippen molar-refractivity contribution in [1.82, 2.24) is 5.32 Å². The molecule has 1 heterocycles. The maximum atomic E-state index is 5.74. The predicted octanol–water partition coefficient (Wildman–Crippen LogP) is 2.94. The Labute approximate surface area is 104 Å². The normalized spacial score (nSPS) is 15.4. The molecule has 0 amide bonds. The van der Waals surface area contributed by atoms with E-state index in [4.69, 9.17) is 4.74 Å². The molecule has 0 bridgehead atoms. The van der Waals surface area contributed by atoms with Crippen LogP contribution in [0.2, 0.25) is 0 Å². The summed E-state index contributed by atoms with van der Waals surface area (Å²) in [5.41, 5.74) is 2.77. The topological polar surface area (TPSA) is 21.3 Å². The molecule has 17 heavy (non-hydrogen) atoms. The fourth-order valence-corrected chi connectivity index (χ4v) is 2.55. The molecule has 1 N–H and O–H groups in total. The van der Waals surface area contributed by atoms with Crippen LogP contribution in [0, 0.1) is 0 Å². The third-order valence-corrected chi connectivity index (χ3v) is 3.54. The summed E-state index contributed by atoms with van der Waals surface area (Å²) in [7, 11) is 0. The zero-order valence-corrected chi connectivity index (χ0v) is 11.0. The van der Waals surface area contributed by atoms with E-state index in [0.717, 1.165) is 26.0 Å². The highest BCUT2D eigenvalue weighted by Gasteiger charge is 2.16. The van der Waals surface area contributed by atoms with E-state index >= 15 is 0 Å². The lowest BCUT2D eigenvalue weighted by Gasteiger charge is -2.16. The zero-order valence-electron chi connectivity index (χ0n) is 11.0. The molecule has 0 saturated heterocycles. The van der Waals surface area contributed by atoms with Gasteiger partial charge in [0.25, 0.3) is 0 Å². The third-order valence-electron chi connectivity index (χ3n) is 3.54. The number of nitrogens with one attached hydrogen (secondary N) is 1. The molecule has 1 atom stereocenters. The highest BCUT2D eigenvalue weighted by Crippen LogP contribution is 2.30. The van der Waals surface area contributed by atoms with Gasteiger partial charge in [-0.05, 0) is 36.9 Å². The second-order valence-corrected chi connectivity index (χ2v) is 4.71. The van der Waals surface area contributed by atoms with Gasteiger partial charge in [-0.1, -0.05) is 32.0 Å². The predicted molar refractivity (Wildman–Crippen MR) is 71.7 cm³/mol. The molecule has 2 nitrogen and oxygen atoms in total. The van der Waals surface area contributed by atoms with E-state index in [-0.39, 0.29) is 0 Å². The van der Waals surface area contributed by atoms with Crippen LogP contribution >= 0.6 is 0 Å². The minimum atomic E-state index is 0.636. The Morgan fingerprint density at radius 3 is 3.00 bits per heavy atom. The molecule has 0 saturated carbocycles. The second kappa shape index (κ2) is 6.06. The fourth-order valence-electron chi connectivity index (χ4n) is 2.55. The summed E-state index contributed by atoms with van der Waals surface area (Å²) in [6, 6.07) is 7.20. The molecule has 2 rings (SSSR count). The number of hydrogen-bond donors (Lipinski definition) is 1. The van der Waals surface area contributed by atoms with E-state index < -0.39 is 0 Å². The van der Waals surface area contributed by atoms with E-state index in [1.807, 2.05) is 0 Å². The third kappa shape index (κ3) is 3.01. The first-order valence-electron chi connectivity index (χ1n) is 6.82. The van der Waals surface area contributed by atoms with E-state index in [0.29, 0.717) is 6.04 Å². The van der Waals surface area contributed by atoms with Crippen LogP contribution in [0.5, 0.6) is 5.75 Å². The lowest BCUT2D eigenvalue weighted by Crippen LogP contribution is -2.28. The van der Waals surface area contributed by atoms with Crippen molar-refractivity contribution in [2.24, 2.45) is 0 Å². The average Bonchev–Trinajstić information content (AvgIpc) is 2.83. The van der Waals surface area contributed by atoms with Gasteiger partial charge in [0.05, 0.1) is 6.61 Å². The second-order valence-electron chi connectivity index (χ2n) is 4.71.